The van der Waals surface area contributed by atoms with Crippen molar-refractivity contribution < 1.29 is 9.59 Å². The number of likely N-dealkylation sites (N-methyl/N-ethyl adjacent to an activating group) is 1. The van der Waals surface area contributed by atoms with Crippen molar-refractivity contribution in [1.82, 2.24) is 9.80 Å². The average molecular weight is 210 g/mol. The molecule has 0 aromatic heterocycles. The summed E-state index contributed by atoms with van der Waals surface area (Å²) in [7, 11) is 1.82. The molecule has 84 valence electrons. The highest BCUT2D eigenvalue weighted by molar-refractivity contribution is 5.88. The summed E-state index contributed by atoms with van der Waals surface area (Å²) < 4.78 is 0. The molecule has 0 spiro atoms. The molecule has 15 heavy (non-hydrogen) atoms. The molecule has 2 heterocycles. The van der Waals surface area contributed by atoms with Crippen LogP contribution in [0.5, 0.6) is 0 Å². The molecule has 0 saturated carbocycles. The molecule has 0 N–H and O–H groups in total. The zero-order valence-electron chi connectivity index (χ0n) is 9.24. The molecule has 4 nitrogen and oxygen atoms in total. The predicted octanol–water partition coefficient (Wildman–Crippen LogP) is 0.620. The minimum absolute atomic E-state index is 0.122. The predicted molar refractivity (Wildman–Crippen MR) is 56.2 cm³/mol. The second-order valence-corrected chi connectivity index (χ2v) is 4.46. The van der Waals surface area contributed by atoms with Gasteiger partial charge in [0, 0.05) is 26.6 Å². The standard InChI is InChI=1S/C11H18N2O2/c1-12-7-4-5-9(11(12)15)13-8-3-2-6-10(13)14/h9H,2-8H2,1H3. The highest BCUT2D eigenvalue weighted by atomic mass is 16.2. The molecule has 4 heteroatoms. The van der Waals surface area contributed by atoms with E-state index < -0.39 is 0 Å². The first kappa shape index (κ1) is 10.5. The topological polar surface area (TPSA) is 40.6 Å². The van der Waals surface area contributed by atoms with Crippen LogP contribution in [0.15, 0.2) is 0 Å². The fourth-order valence-corrected chi connectivity index (χ4v) is 2.46. The second-order valence-electron chi connectivity index (χ2n) is 4.46. The third-order valence-electron chi connectivity index (χ3n) is 3.37. The van der Waals surface area contributed by atoms with Crippen LogP contribution in [0, 0.1) is 0 Å². The summed E-state index contributed by atoms with van der Waals surface area (Å²) in [4.78, 5) is 27.1. The molecule has 0 aliphatic carbocycles. The Bertz CT molecular complexity index is 278. The molecule has 1 unspecified atom stereocenters. The van der Waals surface area contributed by atoms with Gasteiger partial charge in [-0.1, -0.05) is 0 Å². The second kappa shape index (κ2) is 4.21. The number of carbonyl (C=O) groups is 2. The van der Waals surface area contributed by atoms with Gasteiger partial charge in [-0.25, -0.2) is 0 Å². The van der Waals surface area contributed by atoms with Crippen LogP contribution in [-0.2, 0) is 9.59 Å². The highest BCUT2D eigenvalue weighted by Crippen LogP contribution is 2.21. The van der Waals surface area contributed by atoms with Gasteiger partial charge in [-0.15, -0.1) is 0 Å². The van der Waals surface area contributed by atoms with E-state index in [0.717, 1.165) is 38.8 Å². The smallest absolute Gasteiger partial charge is 0.245 e. The highest BCUT2D eigenvalue weighted by Gasteiger charge is 2.34. The van der Waals surface area contributed by atoms with E-state index in [-0.39, 0.29) is 17.9 Å². The number of hydrogen-bond donors (Lipinski definition) is 0. The monoisotopic (exact) mass is 210 g/mol. The summed E-state index contributed by atoms with van der Waals surface area (Å²) in [5.41, 5.74) is 0. The lowest BCUT2D eigenvalue weighted by atomic mass is 10.00. The lowest BCUT2D eigenvalue weighted by Gasteiger charge is -2.38. The number of nitrogens with zero attached hydrogens (tertiary/aromatic N) is 2. The van der Waals surface area contributed by atoms with Gasteiger partial charge in [0.2, 0.25) is 11.8 Å². The van der Waals surface area contributed by atoms with Crippen molar-refractivity contribution in [2.24, 2.45) is 0 Å². The molecular weight excluding hydrogens is 192 g/mol. The van der Waals surface area contributed by atoms with Crippen LogP contribution < -0.4 is 0 Å². The molecule has 2 aliphatic rings. The van der Waals surface area contributed by atoms with Crippen molar-refractivity contribution in [3.8, 4) is 0 Å². The van der Waals surface area contributed by atoms with Crippen LogP contribution in [0.3, 0.4) is 0 Å². The summed E-state index contributed by atoms with van der Waals surface area (Å²) in [5, 5.41) is 0. The molecule has 0 bridgehead atoms. The number of piperidine rings is 2. The lowest BCUT2D eigenvalue weighted by Crippen LogP contribution is -2.54. The normalized spacial score (nSPS) is 28.5. The van der Waals surface area contributed by atoms with Crippen molar-refractivity contribution in [1.29, 1.82) is 0 Å². The molecule has 1 atom stereocenters. The summed E-state index contributed by atoms with van der Waals surface area (Å²) in [6.07, 6.45) is 4.49. The maximum atomic E-state index is 11.9. The van der Waals surface area contributed by atoms with E-state index in [9.17, 15) is 9.59 Å². The number of hydrogen-bond acceptors (Lipinski definition) is 2. The summed E-state index contributed by atoms with van der Waals surface area (Å²) in [6.45, 7) is 1.60. The van der Waals surface area contributed by atoms with E-state index in [0.29, 0.717) is 6.42 Å². The van der Waals surface area contributed by atoms with Crippen molar-refractivity contribution >= 4 is 11.8 Å². The first-order chi connectivity index (χ1) is 7.20. The zero-order chi connectivity index (χ0) is 10.8. The van der Waals surface area contributed by atoms with E-state index in [1.807, 2.05) is 7.05 Å². The Morgan fingerprint density at radius 3 is 2.67 bits per heavy atom. The molecule has 2 amide bonds. The van der Waals surface area contributed by atoms with E-state index >= 15 is 0 Å². The summed E-state index contributed by atoms with van der Waals surface area (Å²) in [5.74, 6) is 0.284. The quantitative estimate of drug-likeness (QED) is 0.636. The molecule has 2 rings (SSSR count). The Morgan fingerprint density at radius 2 is 1.93 bits per heavy atom. The Morgan fingerprint density at radius 1 is 1.13 bits per heavy atom. The third-order valence-corrected chi connectivity index (χ3v) is 3.37. The van der Waals surface area contributed by atoms with Gasteiger partial charge >= 0.3 is 0 Å². The molecule has 0 aromatic carbocycles. The van der Waals surface area contributed by atoms with Gasteiger partial charge in [0.25, 0.3) is 0 Å². The van der Waals surface area contributed by atoms with E-state index in [1.54, 1.807) is 9.80 Å². The molecule has 0 aromatic rings. The number of likely N-dealkylation sites (tertiary alicyclic amines) is 2. The van der Waals surface area contributed by atoms with E-state index in [1.165, 1.54) is 0 Å². The van der Waals surface area contributed by atoms with Crippen LogP contribution in [0.1, 0.15) is 32.1 Å². The van der Waals surface area contributed by atoms with Crippen molar-refractivity contribution in [2.45, 2.75) is 38.1 Å². The van der Waals surface area contributed by atoms with Crippen LogP contribution in [0.4, 0.5) is 0 Å². The molecule has 0 radical (unpaired) electrons. The first-order valence-electron chi connectivity index (χ1n) is 5.74. The Labute approximate surface area is 90.2 Å². The van der Waals surface area contributed by atoms with Gasteiger partial charge in [0.15, 0.2) is 0 Å². The van der Waals surface area contributed by atoms with Crippen LogP contribution in [-0.4, -0.2) is 47.8 Å². The number of rotatable bonds is 1. The molecule has 2 saturated heterocycles. The Balaban J connectivity index is 2.07. The number of amides is 2. The van der Waals surface area contributed by atoms with Crippen LogP contribution in [0.2, 0.25) is 0 Å². The van der Waals surface area contributed by atoms with Gasteiger partial charge in [-0.05, 0) is 25.7 Å². The fraction of sp³-hybridized carbons (Fsp3) is 0.818. The lowest BCUT2D eigenvalue weighted by molar-refractivity contribution is -0.149. The van der Waals surface area contributed by atoms with Crippen LogP contribution >= 0.6 is 0 Å². The minimum Gasteiger partial charge on any atom is -0.344 e. The van der Waals surface area contributed by atoms with Crippen molar-refractivity contribution in [3.63, 3.8) is 0 Å². The molecule has 2 aliphatic heterocycles. The molecular formula is C11H18N2O2. The van der Waals surface area contributed by atoms with Gasteiger partial charge in [0.1, 0.15) is 6.04 Å². The van der Waals surface area contributed by atoms with Crippen molar-refractivity contribution in [2.75, 3.05) is 20.1 Å². The van der Waals surface area contributed by atoms with Gasteiger partial charge in [0.05, 0.1) is 0 Å². The summed E-state index contributed by atoms with van der Waals surface area (Å²) >= 11 is 0. The first-order valence-corrected chi connectivity index (χ1v) is 5.74. The summed E-state index contributed by atoms with van der Waals surface area (Å²) in [6, 6.07) is -0.170. The Hall–Kier alpha value is -1.06. The van der Waals surface area contributed by atoms with E-state index in [2.05, 4.69) is 0 Å². The maximum Gasteiger partial charge on any atom is 0.245 e. The van der Waals surface area contributed by atoms with Gasteiger partial charge in [-0.3, -0.25) is 9.59 Å². The number of carbonyl (C=O) groups excluding carboxylic acids is 2. The van der Waals surface area contributed by atoms with Gasteiger partial charge < -0.3 is 9.80 Å². The SMILES string of the molecule is CN1CCCC(N2CCCCC2=O)C1=O. The molecule has 2 fully saturated rings. The average Bonchev–Trinajstić information content (AvgIpc) is 2.23. The van der Waals surface area contributed by atoms with E-state index in [4.69, 9.17) is 0 Å². The zero-order valence-corrected chi connectivity index (χ0v) is 9.24. The van der Waals surface area contributed by atoms with Crippen LogP contribution in [0.25, 0.3) is 0 Å². The fourth-order valence-electron chi connectivity index (χ4n) is 2.46. The van der Waals surface area contributed by atoms with Gasteiger partial charge in [-0.2, -0.15) is 0 Å². The minimum atomic E-state index is -0.170. The largest absolute Gasteiger partial charge is 0.344 e. The maximum absolute atomic E-state index is 11.9. The Kier molecular flexibility index (Phi) is 2.93. The van der Waals surface area contributed by atoms with Crippen molar-refractivity contribution in [3.05, 3.63) is 0 Å². The third kappa shape index (κ3) is 1.98.